The monoisotopic (exact) mass is 172 g/mol. The van der Waals surface area contributed by atoms with Crippen molar-refractivity contribution in [2.24, 2.45) is 0 Å². The first-order chi connectivity index (χ1) is 5.66. The van der Waals surface area contributed by atoms with Gasteiger partial charge in [0, 0.05) is 19.6 Å². The van der Waals surface area contributed by atoms with E-state index in [2.05, 4.69) is 0 Å². The van der Waals surface area contributed by atoms with Crippen LogP contribution in [0.2, 0.25) is 0 Å². The summed E-state index contributed by atoms with van der Waals surface area (Å²) in [4.78, 5) is 0. The molecule has 2 saturated heterocycles. The minimum Gasteiger partial charge on any atom is -0.385 e. The zero-order valence-electron chi connectivity index (χ0n) is 7.51. The maximum absolute atomic E-state index is 10.1. The van der Waals surface area contributed by atoms with Crippen molar-refractivity contribution in [3.05, 3.63) is 0 Å². The molecule has 2 rings (SSSR count). The number of aliphatic hydroxyl groups is 1. The molecular formula is C9H16O3. The van der Waals surface area contributed by atoms with Crippen molar-refractivity contribution in [2.45, 2.75) is 37.4 Å². The average molecular weight is 172 g/mol. The summed E-state index contributed by atoms with van der Waals surface area (Å²) in [7, 11) is 0. The van der Waals surface area contributed by atoms with Crippen molar-refractivity contribution in [2.75, 3.05) is 19.8 Å². The van der Waals surface area contributed by atoms with Crippen LogP contribution in [0.5, 0.6) is 0 Å². The molecule has 0 aromatic heterocycles. The second kappa shape index (κ2) is 2.69. The van der Waals surface area contributed by atoms with Gasteiger partial charge in [-0.05, 0) is 19.8 Å². The molecular weight excluding hydrogens is 156 g/mol. The Hall–Kier alpha value is -0.120. The van der Waals surface area contributed by atoms with Crippen molar-refractivity contribution < 1.29 is 14.6 Å². The van der Waals surface area contributed by atoms with Gasteiger partial charge in [-0.1, -0.05) is 0 Å². The zero-order chi connectivity index (χ0) is 8.66. The Morgan fingerprint density at radius 2 is 2.08 bits per heavy atom. The van der Waals surface area contributed by atoms with Gasteiger partial charge < -0.3 is 14.6 Å². The minimum atomic E-state index is -0.790. The topological polar surface area (TPSA) is 38.7 Å². The van der Waals surface area contributed by atoms with Crippen LogP contribution in [-0.4, -0.2) is 36.1 Å². The Kier molecular flexibility index (Phi) is 1.90. The van der Waals surface area contributed by atoms with E-state index in [0.717, 1.165) is 32.5 Å². The summed E-state index contributed by atoms with van der Waals surface area (Å²) in [5.74, 6) is 0. The van der Waals surface area contributed by atoms with E-state index in [1.807, 2.05) is 6.92 Å². The Morgan fingerprint density at radius 3 is 2.67 bits per heavy atom. The molecule has 1 N–H and O–H groups in total. The van der Waals surface area contributed by atoms with Gasteiger partial charge in [0.15, 0.2) is 0 Å². The van der Waals surface area contributed by atoms with E-state index in [0.29, 0.717) is 6.61 Å². The van der Waals surface area contributed by atoms with Gasteiger partial charge in [0.1, 0.15) is 11.2 Å². The summed E-state index contributed by atoms with van der Waals surface area (Å²) in [6.07, 6.45) is 2.87. The second-order valence-corrected chi connectivity index (χ2v) is 4.02. The Bertz CT molecular complexity index is 171. The van der Waals surface area contributed by atoms with Gasteiger partial charge >= 0.3 is 0 Å². The first-order valence-electron chi connectivity index (χ1n) is 4.60. The third kappa shape index (κ3) is 1.08. The lowest BCUT2D eigenvalue weighted by Gasteiger charge is -2.45. The standard InChI is InChI=1S/C9H16O3/c1-8(10)7-11-6-4-9(8)3-2-5-12-9/h10H,2-7H2,1H3. The quantitative estimate of drug-likeness (QED) is 0.584. The maximum Gasteiger partial charge on any atom is 0.114 e. The lowest BCUT2D eigenvalue weighted by molar-refractivity contribution is -0.213. The lowest BCUT2D eigenvalue weighted by Crippen LogP contribution is -2.58. The SMILES string of the molecule is CC1(O)COCCC12CCCO2. The molecule has 0 aromatic carbocycles. The van der Waals surface area contributed by atoms with Crippen LogP contribution in [0.1, 0.15) is 26.2 Å². The fourth-order valence-electron chi connectivity index (χ4n) is 2.23. The van der Waals surface area contributed by atoms with Crippen LogP contribution in [0.4, 0.5) is 0 Å². The van der Waals surface area contributed by atoms with E-state index < -0.39 is 5.60 Å². The van der Waals surface area contributed by atoms with E-state index in [1.165, 1.54) is 0 Å². The molecule has 3 heteroatoms. The fourth-order valence-corrected chi connectivity index (χ4v) is 2.23. The van der Waals surface area contributed by atoms with Crippen LogP contribution < -0.4 is 0 Å². The van der Waals surface area contributed by atoms with Crippen LogP contribution in [0.15, 0.2) is 0 Å². The van der Waals surface area contributed by atoms with Gasteiger partial charge in [-0.15, -0.1) is 0 Å². The summed E-state index contributed by atoms with van der Waals surface area (Å²) < 4.78 is 10.9. The van der Waals surface area contributed by atoms with Crippen LogP contribution in [-0.2, 0) is 9.47 Å². The first-order valence-corrected chi connectivity index (χ1v) is 4.60. The van der Waals surface area contributed by atoms with E-state index in [1.54, 1.807) is 0 Å². The summed E-state index contributed by atoms with van der Waals surface area (Å²) in [6.45, 7) is 3.73. The highest BCUT2D eigenvalue weighted by atomic mass is 16.5. The van der Waals surface area contributed by atoms with Gasteiger partial charge in [0.2, 0.25) is 0 Å². The molecule has 0 aliphatic carbocycles. The van der Waals surface area contributed by atoms with Crippen molar-refractivity contribution >= 4 is 0 Å². The second-order valence-electron chi connectivity index (χ2n) is 4.02. The molecule has 12 heavy (non-hydrogen) atoms. The Labute approximate surface area is 72.7 Å². The third-order valence-electron chi connectivity index (χ3n) is 3.12. The number of hydrogen-bond donors (Lipinski definition) is 1. The fraction of sp³-hybridized carbons (Fsp3) is 1.00. The van der Waals surface area contributed by atoms with Crippen LogP contribution >= 0.6 is 0 Å². The smallest absolute Gasteiger partial charge is 0.114 e. The molecule has 2 aliphatic heterocycles. The van der Waals surface area contributed by atoms with Crippen molar-refractivity contribution in [3.8, 4) is 0 Å². The molecule has 2 heterocycles. The van der Waals surface area contributed by atoms with E-state index in [9.17, 15) is 5.11 Å². The molecule has 2 aliphatic rings. The number of hydrogen-bond acceptors (Lipinski definition) is 3. The molecule has 2 atom stereocenters. The largest absolute Gasteiger partial charge is 0.385 e. The highest BCUT2D eigenvalue weighted by Gasteiger charge is 2.52. The highest BCUT2D eigenvalue weighted by Crippen LogP contribution is 2.41. The molecule has 2 unspecified atom stereocenters. The van der Waals surface area contributed by atoms with Crippen molar-refractivity contribution in [1.29, 1.82) is 0 Å². The molecule has 0 amide bonds. The van der Waals surface area contributed by atoms with Gasteiger partial charge in [-0.2, -0.15) is 0 Å². The van der Waals surface area contributed by atoms with E-state index in [-0.39, 0.29) is 5.60 Å². The van der Waals surface area contributed by atoms with E-state index in [4.69, 9.17) is 9.47 Å². The van der Waals surface area contributed by atoms with Crippen LogP contribution in [0.25, 0.3) is 0 Å². The van der Waals surface area contributed by atoms with Gasteiger partial charge in [-0.3, -0.25) is 0 Å². The molecule has 2 fully saturated rings. The molecule has 0 aromatic rings. The predicted molar refractivity (Wildman–Crippen MR) is 44.0 cm³/mol. The van der Waals surface area contributed by atoms with Crippen LogP contribution in [0.3, 0.4) is 0 Å². The summed E-state index contributed by atoms with van der Waals surface area (Å²) in [6, 6.07) is 0. The molecule has 0 radical (unpaired) electrons. The van der Waals surface area contributed by atoms with E-state index >= 15 is 0 Å². The van der Waals surface area contributed by atoms with Gasteiger partial charge in [0.25, 0.3) is 0 Å². The first kappa shape index (κ1) is 8.48. The molecule has 1 spiro atoms. The lowest BCUT2D eigenvalue weighted by atomic mass is 9.78. The van der Waals surface area contributed by atoms with Gasteiger partial charge in [-0.25, -0.2) is 0 Å². The summed E-state index contributed by atoms with van der Waals surface area (Å²) in [5, 5.41) is 10.1. The third-order valence-corrected chi connectivity index (χ3v) is 3.12. The Morgan fingerprint density at radius 1 is 1.25 bits per heavy atom. The number of ether oxygens (including phenoxy) is 2. The van der Waals surface area contributed by atoms with Crippen LogP contribution in [0, 0.1) is 0 Å². The Balaban J connectivity index is 2.19. The summed E-state index contributed by atoms with van der Waals surface area (Å²) >= 11 is 0. The minimum absolute atomic E-state index is 0.300. The summed E-state index contributed by atoms with van der Waals surface area (Å²) in [5.41, 5.74) is -1.09. The molecule has 0 saturated carbocycles. The molecule has 0 bridgehead atoms. The maximum atomic E-state index is 10.1. The molecule has 70 valence electrons. The average Bonchev–Trinajstić information content (AvgIpc) is 2.46. The van der Waals surface area contributed by atoms with Crippen molar-refractivity contribution in [1.82, 2.24) is 0 Å². The normalized spacial score (nSPS) is 48.5. The zero-order valence-corrected chi connectivity index (χ0v) is 7.51. The van der Waals surface area contributed by atoms with Crippen molar-refractivity contribution in [3.63, 3.8) is 0 Å². The predicted octanol–water partition coefficient (Wildman–Crippen LogP) is 0.707. The van der Waals surface area contributed by atoms with Gasteiger partial charge in [0.05, 0.1) is 6.61 Å². The highest BCUT2D eigenvalue weighted by molar-refractivity contribution is 5.02. The molecule has 3 nitrogen and oxygen atoms in total. The number of rotatable bonds is 0.